The third-order valence-corrected chi connectivity index (χ3v) is 6.08. The fraction of sp³-hybridized carbons (Fsp3) is 0.438. The average molecular weight is 271 g/mol. The number of hydrogen-bond donors (Lipinski definition) is 1. The second kappa shape index (κ2) is 4.22. The molecule has 2 aromatic rings. The number of hydrogen-bond acceptors (Lipinski definition) is 3. The first-order valence-corrected chi connectivity index (χ1v) is 7.90. The molecule has 2 unspecified atom stereocenters. The van der Waals surface area contributed by atoms with Gasteiger partial charge in [-0.1, -0.05) is 18.2 Å². The Morgan fingerprint density at radius 2 is 1.95 bits per heavy atom. The summed E-state index contributed by atoms with van der Waals surface area (Å²) in [5.41, 5.74) is 0.461. The van der Waals surface area contributed by atoms with Gasteiger partial charge < -0.3 is 5.11 Å². The molecule has 2 fully saturated rings. The molecule has 19 heavy (non-hydrogen) atoms. The van der Waals surface area contributed by atoms with Crippen molar-refractivity contribution in [2.45, 2.75) is 41.8 Å². The lowest BCUT2D eigenvalue weighted by Gasteiger charge is -2.37. The molecule has 1 aromatic carbocycles. The van der Waals surface area contributed by atoms with Gasteiger partial charge in [-0.05, 0) is 42.7 Å². The summed E-state index contributed by atoms with van der Waals surface area (Å²) >= 11 is 2.08. The van der Waals surface area contributed by atoms with Gasteiger partial charge in [-0.15, -0.1) is 0 Å². The zero-order valence-electron chi connectivity index (χ0n) is 10.7. The second-order valence-corrected chi connectivity index (χ2v) is 7.41. The summed E-state index contributed by atoms with van der Waals surface area (Å²) in [5.74, 6) is 0. The maximum Gasteiger partial charge on any atom is 0.0923 e. The van der Waals surface area contributed by atoms with Crippen LogP contribution >= 0.6 is 11.8 Å². The van der Waals surface area contributed by atoms with Crippen molar-refractivity contribution in [1.29, 1.82) is 0 Å². The Balaban J connectivity index is 1.85. The molecule has 0 spiro atoms. The summed E-state index contributed by atoms with van der Waals surface area (Å²) in [6.45, 7) is 0. The van der Waals surface area contributed by atoms with Gasteiger partial charge in [0.15, 0.2) is 0 Å². The van der Waals surface area contributed by atoms with Crippen LogP contribution in [0, 0.1) is 0 Å². The Hall–Kier alpha value is -1.06. The first-order valence-electron chi connectivity index (χ1n) is 6.96. The SMILES string of the molecule is OC1(c2cccc3cnccc23)CC2CCC(C1)S2. The molecule has 1 N–H and O–H groups in total. The van der Waals surface area contributed by atoms with Crippen LogP contribution in [-0.4, -0.2) is 20.6 Å². The molecule has 2 saturated heterocycles. The van der Waals surface area contributed by atoms with Crippen molar-refractivity contribution < 1.29 is 5.11 Å². The van der Waals surface area contributed by atoms with E-state index in [0.29, 0.717) is 10.5 Å². The van der Waals surface area contributed by atoms with Gasteiger partial charge in [-0.2, -0.15) is 11.8 Å². The van der Waals surface area contributed by atoms with Gasteiger partial charge in [-0.25, -0.2) is 0 Å². The van der Waals surface area contributed by atoms with Crippen LogP contribution < -0.4 is 0 Å². The quantitative estimate of drug-likeness (QED) is 0.862. The van der Waals surface area contributed by atoms with Crippen molar-refractivity contribution in [2.75, 3.05) is 0 Å². The van der Waals surface area contributed by atoms with Gasteiger partial charge in [0.1, 0.15) is 0 Å². The van der Waals surface area contributed by atoms with Crippen LogP contribution in [0.3, 0.4) is 0 Å². The molecular formula is C16H17NOS. The van der Waals surface area contributed by atoms with E-state index in [2.05, 4.69) is 28.9 Å². The Labute approximate surface area is 117 Å². The van der Waals surface area contributed by atoms with Gasteiger partial charge in [0, 0.05) is 28.3 Å². The van der Waals surface area contributed by atoms with Gasteiger partial charge in [0.25, 0.3) is 0 Å². The van der Waals surface area contributed by atoms with E-state index in [1.54, 1.807) is 0 Å². The summed E-state index contributed by atoms with van der Waals surface area (Å²) in [4.78, 5) is 4.18. The maximum atomic E-state index is 11.2. The lowest BCUT2D eigenvalue weighted by Crippen LogP contribution is -2.34. The molecule has 0 radical (unpaired) electrons. The molecule has 2 bridgehead atoms. The molecule has 4 rings (SSSR count). The average Bonchev–Trinajstić information content (AvgIpc) is 2.78. The van der Waals surface area contributed by atoms with Gasteiger partial charge in [0.2, 0.25) is 0 Å². The van der Waals surface area contributed by atoms with E-state index in [4.69, 9.17) is 0 Å². The van der Waals surface area contributed by atoms with E-state index in [0.717, 1.165) is 29.2 Å². The van der Waals surface area contributed by atoms with Crippen molar-refractivity contribution in [3.05, 3.63) is 42.2 Å². The van der Waals surface area contributed by atoms with Gasteiger partial charge in [0.05, 0.1) is 5.60 Å². The molecule has 2 atom stereocenters. The number of rotatable bonds is 1. The van der Waals surface area contributed by atoms with E-state index in [9.17, 15) is 5.11 Å². The molecule has 3 heteroatoms. The molecule has 2 nitrogen and oxygen atoms in total. The number of pyridine rings is 1. The number of aromatic nitrogens is 1. The highest BCUT2D eigenvalue weighted by Gasteiger charge is 2.44. The Morgan fingerprint density at radius 3 is 2.74 bits per heavy atom. The third kappa shape index (κ3) is 1.87. The van der Waals surface area contributed by atoms with Crippen LogP contribution in [-0.2, 0) is 5.60 Å². The summed E-state index contributed by atoms with van der Waals surface area (Å²) in [5, 5.41) is 14.7. The van der Waals surface area contributed by atoms with Crippen molar-refractivity contribution in [2.24, 2.45) is 0 Å². The highest BCUT2D eigenvalue weighted by atomic mass is 32.2. The molecule has 0 aliphatic carbocycles. The smallest absolute Gasteiger partial charge is 0.0923 e. The van der Waals surface area contributed by atoms with Crippen LogP contribution in [0.4, 0.5) is 0 Å². The number of thioether (sulfide) groups is 1. The van der Waals surface area contributed by atoms with E-state index >= 15 is 0 Å². The summed E-state index contributed by atoms with van der Waals surface area (Å²) < 4.78 is 0. The van der Waals surface area contributed by atoms with Crippen molar-refractivity contribution in [1.82, 2.24) is 4.98 Å². The molecular weight excluding hydrogens is 254 g/mol. The van der Waals surface area contributed by atoms with Crippen LogP contribution in [0.2, 0.25) is 0 Å². The molecule has 3 heterocycles. The Kier molecular flexibility index (Phi) is 2.61. The Morgan fingerprint density at radius 1 is 1.16 bits per heavy atom. The predicted molar refractivity (Wildman–Crippen MR) is 79.3 cm³/mol. The zero-order valence-corrected chi connectivity index (χ0v) is 11.6. The van der Waals surface area contributed by atoms with E-state index in [1.165, 1.54) is 12.8 Å². The molecule has 2 aliphatic heterocycles. The highest BCUT2D eigenvalue weighted by molar-refractivity contribution is 8.00. The van der Waals surface area contributed by atoms with Crippen molar-refractivity contribution >= 4 is 22.5 Å². The maximum absolute atomic E-state index is 11.2. The summed E-state index contributed by atoms with van der Waals surface area (Å²) in [6, 6.07) is 8.24. The minimum atomic E-state index is -0.641. The number of benzene rings is 1. The molecule has 1 aromatic heterocycles. The fourth-order valence-corrected chi connectivity index (χ4v) is 5.50. The Bertz CT molecular complexity index is 610. The predicted octanol–water partition coefficient (Wildman–Crippen LogP) is 3.48. The number of aliphatic hydroxyl groups is 1. The first kappa shape index (κ1) is 11.7. The summed E-state index contributed by atoms with van der Waals surface area (Å²) in [7, 11) is 0. The van der Waals surface area contributed by atoms with Crippen molar-refractivity contribution in [3.8, 4) is 0 Å². The normalized spacial score (nSPS) is 33.7. The van der Waals surface area contributed by atoms with Crippen LogP contribution in [0.15, 0.2) is 36.7 Å². The minimum Gasteiger partial charge on any atom is -0.385 e. The lowest BCUT2D eigenvalue weighted by molar-refractivity contribution is 0.0211. The number of fused-ring (bicyclic) bond motifs is 3. The van der Waals surface area contributed by atoms with Crippen LogP contribution in [0.25, 0.3) is 10.8 Å². The van der Waals surface area contributed by atoms with Gasteiger partial charge in [-0.3, -0.25) is 4.98 Å². The highest BCUT2D eigenvalue weighted by Crippen LogP contribution is 2.52. The van der Waals surface area contributed by atoms with Crippen molar-refractivity contribution in [3.63, 3.8) is 0 Å². The zero-order chi connectivity index (χ0) is 12.9. The fourth-order valence-electron chi connectivity index (χ4n) is 3.67. The van der Waals surface area contributed by atoms with E-state index < -0.39 is 5.60 Å². The molecule has 0 amide bonds. The van der Waals surface area contributed by atoms with Crippen LogP contribution in [0.1, 0.15) is 31.2 Å². The van der Waals surface area contributed by atoms with Crippen LogP contribution in [0.5, 0.6) is 0 Å². The second-order valence-electron chi connectivity index (χ2n) is 5.80. The largest absolute Gasteiger partial charge is 0.385 e. The molecule has 0 saturated carbocycles. The lowest BCUT2D eigenvalue weighted by atomic mass is 9.83. The monoisotopic (exact) mass is 271 g/mol. The van der Waals surface area contributed by atoms with E-state index in [-0.39, 0.29) is 0 Å². The number of nitrogens with zero attached hydrogens (tertiary/aromatic N) is 1. The standard InChI is InChI=1S/C16H17NOS/c18-16(8-12-4-5-13(9-16)19-12)15-3-1-2-11-10-17-7-6-14(11)15/h1-3,6-7,10,12-13,18H,4-5,8-9H2. The third-order valence-electron chi connectivity index (χ3n) is 4.51. The molecule has 98 valence electrons. The van der Waals surface area contributed by atoms with Gasteiger partial charge >= 0.3 is 0 Å². The minimum absolute atomic E-state index is 0.640. The topological polar surface area (TPSA) is 33.1 Å². The first-order chi connectivity index (χ1) is 9.24. The van der Waals surface area contributed by atoms with E-state index in [1.807, 2.05) is 24.5 Å². The molecule has 2 aliphatic rings. The summed E-state index contributed by atoms with van der Waals surface area (Å²) in [6.07, 6.45) is 8.04.